The van der Waals surface area contributed by atoms with E-state index in [1.807, 2.05) is 0 Å². The number of nitrogens with one attached hydrogen (secondary N) is 2. The fourth-order valence-corrected chi connectivity index (χ4v) is 5.47. The fourth-order valence-electron chi connectivity index (χ4n) is 5.47. The molecule has 0 fully saturated rings. The predicted octanol–water partition coefficient (Wildman–Crippen LogP) is 2.49. The number of amides is 2. The van der Waals surface area contributed by atoms with Crippen molar-refractivity contribution in [3.05, 3.63) is 37.1 Å². The van der Waals surface area contributed by atoms with E-state index >= 15 is 0 Å². The first-order valence-corrected chi connectivity index (χ1v) is 20.9. The van der Waals surface area contributed by atoms with Gasteiger partial charge in [0.25, 0.3) is 0 Å². The first-order valence-electron chi connectivity index (χ1n) is 20.9. The smallest absolute Gasteiger partial charge is 0.327 e. The topological polar surface area (TPSA) is 352 Å². The number of nitrogens with zero attached hydrogens (tertiary/aromatic N) is 4. The number of carbonyl (C=O) groups is 9. The second-order valence-corrected chi connectivity index (χ2v) is 16.2. The van der Waals surface area contributed by atoms with E-state index in [9.17, 15) is 58.5 Å². The molecule has 0 spiro atoms. The second kappa shape index (κ2) is 39.3. The van der Waals surface area contributed by atoms with Gasteiger partial charge in [-0.1, -0.05) is 47.9 Å². The number of likely N-dealkylation sites (N-methyl/N-ethyl adjacent to an activating group) is 2. The average molecular weight is 965 g/mol. The minimum atomic E-state index is -1.33. The predicted molar refractivity (Wildman–Crippen MR) is 251 cm³/mol. The molecule has 0 aliphatic carbocycles. The average Bonchev–Trinajstić information content (AvgIpc) is 3.17. The Labute approximate surface area is 394 Å². The summed E-state index contributed by atoms with van der Waals surface area (Å²) in [6.45, 7) is 17.1. The molecule has 10 N–H and O–H groups in total. The zero-order chi connectivity index (χ0) is 52.3. The molecule has 23 heteroatoms. The van der Waals surface area contributed by atoms with Crippen LogP contribution in [0.4, 0.5) is 0 Å². The van der Waals surface area contributed by atoms with Gasteiger partial charge in [0.15, 0.2) is 0 Å². The van der Waals surface area contributed by atoms with Crippen molar-refractivity contribution in [3.63, 3.8) is 0 Å². The van der Waals surface area contributed by atoms with E-state index in [1.54, 1.807) is 27.7 Å². The lowest BCUT2D eigenvalue weighted by atomic mass is 9.81. The highest BCUT2D eigenvalue weighted by Gasteiger charge is 2.33. The molecule has 0 heterocycles. The van der Waals surface area contributed by atoms with Crippen molar-refractivity contribution in [2.45, 2.75) is 98.6 Å². The number of rotatable bonds is 32. The molecule has 0 aromatic carbocycles. The largest absolute Gasteiger partial charge is 0.512 e. The normalized spacial score (nSPS) is 11.9. The summed E-state index contributed by atoms with van der Waals surface area (Å²) in [6, 6.07) is -2.32. The maximum Gasteiger partial charge on any atom is 0.327 e. The van der Waals surface area contributed by atoms with Crippen LogP contribution in [0, 0.1) is 11.3 Å². The molecule has 0 aliphatic rings. The summed E-state index contributed by atoms with van der Waals surface area (Å²) < 4.78 is 0. The molecule has 0 aromatic rings. The fraction of sp³-hybridized carbons (Fsp3) is 0.659. The van der Waals surface area contributed by atoms with Crippen molar-refractivity contribution >= 4 is 53.6 Å². The monoisotopic (exact) mass is 965 g/mol. The van der Waals surface area contributed by atoms with E-state index in [4.69, 9.17) is 25.5 Å². The summed E-state index contributed by atoms with van der Waals surface area (Å²) in [6.07, 6.45) is 3.38. The maximum atomic E-state index is 12.4. The second-order valence-electron chi connectivity index (χ2n) is 16.2. The van der Waals surface area contributed by atoms with Crippen molar-refractivity contribution in [2.75, 3.05) is 80.5 Å². The van der Waals surface area contributed by atoms with Crippen molar-refractivity contribution in [1.82, 2.24) is 30.2 Å². The third kappa shape index (κ3) is 41.3. The van der Waals surface area contributed by atoms with E-state index in [2.05, 4.69) is 68.4 Å². The van der Waals surface area contributed by atoms with Crippen LogP contribution in [0.25, 0.3) is 0 Å². The molecule has 0 aromatic heterocycles. The molecular weight excluding hydrogens is 885 g/mol. The van der Waals surface area contributed by atoms with E-state index in [-0.39, 0.29) is 57.4 Å². The van der Waals surface area contributed by atoms with E-state index < -0.39 is 84.8 Å². The Morgan fingerprint density at radius 1 is 0.612 bits per heavy atom. The van der Waals surface area contributed by atoms with Gasteiger partial charge in [-0.15, -0.1) is 0 Å². The van der Waals surface area contributed by atoms with Gasteiger partial charge in [0.2, 0.25) is 11.8 Å². The first kappa shape index (κ1) is 70.1. The number of aliphatic carboxylic acids is 7. The van der Waals surface area contributed by atoms with Crippen LogP contribution in [0.3, 0.4) is 0 Å². The van der Waals surface area contributed by atoms with Crippen molar-refractivity contribution in [3.8, 4) is 0 Å². The van der Waals surface area contributed by atoms with Crippen molar-refractivity contribution < 1.29 is 84.0 Å². The maximum absolute atomic E-state index is 12.4. The van der Waals surface area contributed by atoms with Crippen LogP contribution >= 0.6 is 0 Å². The Hall–Kier alpha value is -5.91. The van der Waals surface area contributed by atoms with Crippen LogP contribution in [0.15, 0.2) is 37.1 Å². The third-order valence-corrected chi connectivity index (χ3v) is 9.00. The highest BCUT2D eigenvalue weighted by molar-refractivity contribution is 5.92. The summed E-state index contributed by atoms with van der Waals surface area (Å²) in [4.78, 5) is 106. The molecule has 0 bridgehead atoms. The molecule has 0 aliphatic heterocycles. The van der Waals surface area contributed by atoms with E-state index in [1.165, 1.54) is 0 Å². The molecule has 0 rings (SSSR count). The quantitative estimate of drug-likeness (QED) is 0.0263. The molecule has 388 valence electrons. The number of aliphatic hydroxyl groups excluding tert-OH is 1. The number of hydrogen-bond acceptors (Lipinski definition) is 14. The number of aliphatic hydroxyl groups is 1. The van der Waals surface area contributed by atoms with Crippen LogP contribution in [0.2, 0.25) is 0 Å². The molecule has 0 saturated carbocycles. The Bertz CT molecular complexity index is 1550. The van der Waals surface area contributed by atoms with Crippen molar-refractivity contribution in [2.24, 2.45) is 11.3 Å². The summed E-state index contributed by atoms with van der Waals surface area (Å²) in [5, 5.41) is 76.5. The molecule has 0 radical (unpaired) electrons. The van der Waals surface area contributed by atoms with Crippen LogP contribution in [-0.2, 0) is 43.2 Å². The van der Waals surface area contributed by atoms with E-state index in [0.717, 1.165) is 29.0 Å². The van der Waals surface area contributed by atoms with Gasteiger partial charge in [0.1, 0.15) is 12.1 Å². The molecule has 23 nitrogen and oxygen atoms in total. The molecule has 0 saturated heterocycles. The Balaban J connectivity index is -0.000000303. The zero-order valence-corrected chi connectivity index (χ0v) is 39.8. The van der Waals surface area contributed by atoms with Gasteiger partial charge >= 0.3 is 41.8 Å². The van der Waals surface area contributed by atoms with Gasteiger partial charge in [-0.3, -0.25) is 48.2 Å². The number of carboxylic acid groups (broad SMARTS) is 7. The zero-order valence-electron chi connectivity index (χ0n) is 39.8. The Morgan fingerprint density at radius 2 is 0.970 bits per heavy atom. The minimum Gasteiger partial charge on any atom is -0.512 e. The number of hydrogen-bond donors (Lipinski definition) is 10. The lowest BCUT2D eigenvalue weighted by Gasteiger charge is -2.27. The molecule has 3 unspecified atom stereocenters. The Kier molecular flexibility index (Phi) is 41.1. The first-order chi connectivity index (χ1) is 30.4. The van der Waals surface area contributed by atoms with Gasteiger partial charge in [-0.05, 0) is 86.5 Å². The molecular formula is C44H80N6O17. The van der Waals surface area contributed by atoms with Gasteiger partial charge < -0.3 is 61.3 Å². The SMILES string of the molecule is C.C=C(O)CN(CC(=O)O)C(CCCCNC(=O)C(=C)C)C(=O)O.C=CC(=O)O.CCC(CC(C)(C)C(=O)NCCCCC(C(=O)O)N(CC(=O)O)CC(=O)O)C(=O)O.CN(C)CCN(C)C. The number of carboxylic acids is 7. The third-order valence-electron chi connectivity index (χ3n) is 9.00. The lowest BCUT2D eigenvalue weighted by Crippen LogP contribution is -2.46. The minimum absolute atomic E-state index is 0. The summed E-state index contributed by atoms with van der Waals surface area (Å²) in [5.41, 5.74) is -0.495. The van der Waals surface area contributed by atoms with Crippen molar-refractivity contribution in [1.29, 1.82) is 0 Å². The van der Waals surface area contributed by atoms with Gasteiger partial charge in [-0.25, -0.2) is 4.79 Å². The van der Waals surface area contributed by atoms with Gasteiger partial charge in [0.05, 0.1) is 37.9 Å². The molecule has 2 amide bonds. The lowest BCUT2D eigenvalue weighted by molar-refractivity contribution is -0.151. The molecule has 3 atom stereocenters. The van der Waals surface area contributed by atoms with Gasteiger partial charge in [0, 0.05) is 43.2 Å². The highest BCUT2D eigenvalue weighted by Crippen LogP contribution is 2.27. The molecule has 67 heavy (non-hydrogen) atoms. The van der Waals surface area contributed by atoms with Crippen LogP contribution < -0.4 is 10.6 Å². The summed E-state index contributed by atoms with van der Waals surface area (Å²) >= 11 is 0. The van der Waals surface area contributed by atoms with E-state index in [0.29, 0.717) is 44.2 Å². The standard InChI is InChI=1S/C19H32N2O9.C15H24N2O6.C6H16N2.C3H4O2.CH4/c1-4-12(16(26)27)9-19(2,3)18(30)20-8-6-5-7-13(17(28)29)21(10-14(22)23)11-15(24)25;1-10(2)14(21)16-7-5-4-6-12(15(22)23)17(8-11(3)18)9-13(19)20;1-7(2)5-6-8(3)4;1-2-3(4)5;/h12-13H,4-11H2,1-3H3,(H,20,30)(H,22,23)(H,24,25)(H,26,27)(H,28,29);12,18H,1,3-9H2,2H3,(H,16,21)(H,19,20)(H,22,23);5-6H2,1-4H3;2H,1H2,(H,4,5);1H4. The van der Waals surface area contributed by atoms with Crippen LogP contribution in [-0.4, -0.2) is 207 Å². The Morgan fingerprint density at radius 3 is 1.24 bits per heavy atom. The summed E-state index contributed by atoms with van der Waals surface area (Å²) in [7, 11) is 8.35. The van der Waals surface area contributed by atoms with Crippen LogP contribution in [0.5, 0.6) is 0 Å². The number of unbranched alkanes of at least 4 members (excludes halogenated alkanes) is 2. The number of carbonyl (C=O) groups excluding carboxylic acids is 2. The highest BCUT2D eigenvalue weighted by atomic mass is 16.4. The van der Waals surface area contributed by atoms with Gasteiger partial charge in [-0.2, -0.15) is 0 Å². The summed E-state index contributed by atoms with van der Waals surface area (Å²) in [5.74, 6) is -9.77. The van der Waals surface area contributed by atoms with Crippen LogP contribution in [0.1, 0.15) is 86.5 Å².